The standard InChI is InChI=1S/C12H20S/c1-3-7-10(4-2)11-8-5-6-9-12(11)13/h5-6,9-11,13H,3-4,7-8H2,1-2H3. The Morgan fingerprint density at radius 3 is 2.85 bits per heavy atom. The first-order valence-corrected chi connectivity index (χ1v) is 5.80. The van der Waals surface area contributed by atoms with Crippen LogP contribution in [0.25, 0.3) is 0 Å². The van der Waals surface area contributed by atoms with Crippen LogP contribution in [0.3, 0.4) is 0 Å². The highest BCUT2D eigenvalue weighted by molar-refractivity contribution is 7.84. The highest BCUT2D eigenvalue weighted by atomic mass is 32.1. The summed E-state index contributed by atoms with van der Waals surface area (Å²) in [6, 6.07) is 0. The number of rotatable bonds is 4. The number of hydrogen-bond donors (Lipinski definition) is 1. The summed E-state index contributed by atoms with van der Waals surface area (Å²) in [5.41, 5.74) is 0. The minimum absolute atomic E-state index is 0.693. The molecule has 0 saturated heterocycles. The lowest BCUT2D eigenvalue weighted by Crippen LogP contribution is -2.15. The molecule has 2 unspecified atom stereocenters. The van der Waals surface area contributed by atoms with Crippen LogP contribution in [0.1, 0.15) is 39.5 Å². The summed E-state index contributed by atoms with van der Waals surface area (Å²) >= 11 is 4.55. The van der Waals surface area contributed by atoms with Gasteiger partial charge in [0.2, 0.25) is 0 Å². The Hall–Kier alpha value is -0.170. The van der Waals surface area contributed by atoms with E-state index in [1.54, 1.807) is 0 Å². The molecule has 74 valence electrons. The van der Waals surface area contributed by atoms with Crippen molar-refractivity contribution < 1.29 is 0 Å². The third kappa shape index (κ3) is 2.91. The van der Waals surface area contributed by atoms with Crippen molar-refractivity contribution in [3.63, 3.8) is 0 Å². The van der Waals surface area contributed by atoms with Gasteiger partial charge in [-0.15, -0.1) is 12.6 Å². The first-order valence-electron chi connectivity index (χ1n) is 5.35. The third-order valence-electron chi connectivity index (χ3n) is 2.93. The van der Waals surface area contributed by atoms with Gasteiger partial charge in [-0.05, 0) is 23.2 Å². The van der Waals surface area contributed by atoms with E-state index in [9.17, 15) is 0 Å². The van der Waals surface area contributed by atoms with E-state index in [2.05, 4.69) is 44.7 Å². The smallest absolute Gasteiger partial charge is 0.00416 e. The maximum Gasteiger partial charge on any atom is -0.00416 e. The average Bonchev–Trinajstić information content (AvgIpc) is 2.16. The van der Waals surface area contributed by atoms with Crippen LogP contribution < -0.4 is 0 Å². The topological polar surface area (TPSA) is 0 Å². The van der Waals surface area contributed by atoms with Gasteiger partial charge < -0.3 is 0 Å². The molecule has 1 aliphatic carbocycles. The first-order chi connectivity index (χ1) is 6.29. The molecule has 0 radical (unpaired) electrons. The summed E-state index contributed by atoms with van der Waals surface area (Å²) in [6.07, 6.45) is 11.6. The number of hydrogen-bond acceptors (Lipinski definition) is 1. The fourth-order valence-corrected chi connectivity index (χ4v) is 2.53. The van der Waals surface area contributed by atoms with Crippen LogP contribution in [-0.2, 0) is 0 Å². The van der Waals surface area contributed by atoms with Gasteiger partial charge in [0, 0.05) is 0 Å². The molecule has 0 amide bonds. The van der Waals surface area contributed by atoms with Crippen molar-refractivity contribution in [2.45, 2.75) is 39.5 Å². The minimum Gasteiger partial charge on any atom is -0.148 e. The monoisotopic (exact) mass is 196 g/mol. The van der Waals surface area contributed by atoms with Gasteiger partial charge >= 0.3 is 0 Å². The second-order valence-corrected chi connectivity index (χ2v) is 4.34. The van der Waals surface area contributed by atoms with Crippen molar-refractivity contribution in [3.8, 4) is 0 Å². The Kier molecular flexibility index (Phi) is 4.65. The van der Waals surface area contributed by atoms with Crippen LogP contribution >= 0.6 is 12.6 Å². The first kappa shape index (κ1) is 10.9. The molecule has 1 rings (SSSR count). The number of thiol groups is 1. The van der Waals surface area contributed by atoms with Gasteiger partial charge in [-0.25, -0.2) is 0 Å². The predicted molar refractivity (Wildman–Crippen MR) is 63.0 cm³/mol. The molecule has 1 aliphatic rings. The van der Waals surface area contributed by atoms with E-state index in [0.29, 0.717) is 5.92 Å². The Balaban J connectivity index is 2.58. The summed E-state index contributed by atoms with van der Waals surface area (Å²) in [5.74, 6) is 1.52. The van der Waals surface area contributed by atoms with Gasteiger partial charge in [-0.3, -0.25) is 0 Å². The van der Waals surface area contributed by atoms with Crippen molar-refractivity contribution in [2.24, 2.45) is 11.8 Å². The molecule has 0 aliphatic heterocycles. The molecule has 1 heteroatoms. The van der Waals surface area contributed by atoms with Gasteiger partial charge in [0.1, 0.15) is 0 Å². The van der Waals surface area contributed by atoms with Gasteiger partial charge in [-0.1, -0.05) is 51.3 Å². The maximum absolute atomic E-state index is 4.55. The molecule has 0 bridgehead atoms. The van der Waals surface area contributed by atoms with Crippen molar-refractivity contribution in [1.29, 1.82) is 0 Å². The molecule has 2 atom stereocenters. The van der Waals surface area contributed by atoms with E-state index >= 15 is 0 Å². The van der Waals surface area contributed by atoms with Crippen molar-refractivity contribution >= 4 is 12.6 Å². The molecule has 0 saturated carbocycles. The predicted octanol–water partition coefficient (Wildman–Crippen LogP) is 4.20. The lowest BCUT2D eigenvalue weighted by Gasteiger charge is -2.26. The lowest BCUT2D eigenvalue weighted by atomic mass is 9.82. The SMILES string of the molecule is CCCC(CC)C1CC=CC=C1S. The summed E-state index contributed by atoms with van der Waals surface area (Å²) in [4.78, 5) is 1.28. The zero-order chi connectivity index (χ0) is 9.68. The Morgan fingerprint density at radius 2 is 2.31 bits per heavy atom. The molecular weight excluding hydrogens is 176 g/mol. The van der Waals surface area contributed by atoms with Crippen molar-refractivity contribution in [3.05, 3.63) is 23.1 Å². The molecule has 0 aromatic carbocycles. The third-order valence-corrected chi connectivity index (χ3v) is 3.41. The summed E-state index contributed by atoms with van der Waals surface area (Å²) in [6.45, 7) is 4.56. The van der Waals surface area contributed by atoms with Gasteiger partial charge in [0.25, 0.3) is 0 Å². The van der Waals surface area contributed by atoms with Gasteiger partial charge in [-0.2, -0.15) is 0 Å². The van der Waals surface area contributed by atoms with Crippen LogP contribution in [0, 0.1) is 11.8 Å². The Bertz CT molecular complexity index is 203. The zero-order valence-corrected chi connectivity index (χ0v) is 9.56. The molecule has 13 heavy (non-hydrogen) atoms. The van der Waals surface area contributed by atoms with Crippen molar-refractivity contribution in [2.75, 3.05) is 0 Å². The molecule has 0 spiro atoms. The van der Waals surface area contributed by atoms with E-state index < -0.39 is 0 Å². The van der Waals surface area contributed by atoms with E-state index in [0.717, 1.165) is 5.92 Å². The second-order valence-electron chi connectivity index (χ2n) is 3.82. The molecular formula is C12H20S. The fraction of sp³-hybridized carbons (Fsp3) is 0.667. The molecule has 0 nitrogen and oxygen atoms in total. The molecule has 0 fully saturated rings. The average molecular weight is 196 g/mol. The fourth-order valence-electron chi connectivity index (χ4n) is 2.13. The van der Waals surface area contributed by atoms with E-state index in [1.807, 2.05) is 0 Å². The Labute approximate surface area is 87.5 Å². The Morgan fingerprint density at radius 1 is 1.54 bits per heavy atom. The minimum atomic E-state index is 0.693. The summed E-state index contributed by atoms with van der Waals surface area (Å²) < 4.78 is 0. The number of allylic oxidation sites excluding steroid dienone is 4. The quantitative estimate of drug-likeness (QED) is 0.640. The van der Waals surface area contributed by atoms with Crippen LogP contribution in [-0.4, -0.2) is 0 Å². The zero-order valence-electron chi connectivity index (χ0n) is 8.66. The maximum atomic E-state index is 4.55. The normalized spacial score (nSPS) is 24.2. The van der Waals surface area contributed by atoms with Gasteiger partial charge in [0.05, 0.1) is 0 Å². The summed E-state index contributed by atoms with van der Waals surface area (Å²) in [7, 11) is 0. The van der Waals surface area contributed by atoms with E-state index in [-0.39, 0.29) is 0 Å². The lowest BCUT2D eigenvalue weighted by molar-refractivity contribution is 0.351. The largest absolute Gasteiger partial charge is 0.148 e. The molecule has 0 heterocycles. The van der Waals surface area contributed by atoms with Crippen molar-refractivity contribution in [1.82, 2.24) is 0 Å². The summed E-state index contributed by atoms with van der Waals surface area (Å²) in [5, 5.41) is 0. The van der Waals surface area contributed by atoms with E-state index in [4.69, 9.17) is 0 Å². The van der Waals surface area contributed by atoms with Gasteiger partial charge in [0.15, 0.2) is 0 Å². The molecule has 0 aromatic rings. The molecule has 0 aromatic heterocycles. The van der Waals surface area contributed by atoms with Crippen LogP contribution in [0.2, 0.25) is 0 Å². The molecule has 0 N–H and O–H groups in total. The van der Waals surface area contributed by atoms with Crippen LogP contribution in [0.15, 0.2) is 23.1 Å². The van der Waals surface area contributed by atoms with E-state index in [1.165, 1.54) is 30.6 Å². The highest BCUT2D eigenvalue weighted by Gasteiger charge is 2.21. The van der Waals surface area contributed by atoms with Crippen LogP contribution in [0.4, 0.5) is 0 Å². The highest BCUT2D eigenvalue weighted by Crippen LogP contribution is 2.34. The second kappa shape index (κ2) is 5.54. The van der Waals surface area contributed by atoms with Crippen LogP contribution in [0.5, 0.6) is 0 Å².